The summed E-state index contributed by atoms with van der Waals surface area (Å²) in [5.74, 6) is -0.157. The Hall–Kier alpha value is -1.62. The molecule has 0 bridgehead atoms. The lowest BCUT2D eigenvalue weighted by Gasteiger charge is -2.30. The molecule has 0 heterocycles. The number of ether oxygens (including phenoxy) is 1. The van der Waals surface area contributed by atoms with Crippen molar-refractivity contribution in [2.75, 3.05) is 6.54 Å². The van der Waals surface area contributed by atoms with Crippen LogP contribution in [0.5, 0.6) is 5.75 Å². The van der Waals surface area contributed by atoms with Crippen molar-refractivity contribution >= 4 is 5.91 Å². The van der Waals surface area contributed by atoms with Crippen LogP contribution in [0.25, 0.3) is 0 Å². The normalized spacial score (nSPS) is 15.6. The Morgan fingerprint density at radius 1 is 1.47 bits per heavy atom. The molecule has 1 aromatic carbocycles. The van der Waals surface area contributed by atoms with E-state index in [-0.39, 0.29) is 11.9 Å². The van der Waals surface area contributed by atoms with Crippen LogP contribution in [0.2, 0.25) is 0 Å². The predicted octanol–water partition coefficient (Wildman–Crippen LogP) is 1.84. The molecule has 0 aliphatic carbocycles. The molecule has 0 aliphatic rings. The van der Waals surface area contributed by atoms with Crippen molar-refractivity contribution in [3.8, 4) is 5.75 Å². The average molecular weight is 268 g/mol. The van der Waals surface area contributed by atoms with Crippen molar-refractivity contribution in [1.29, 1.82) is 0 Å². The average Bonchev–Trinajstić information content (AvgIpc) is 2.32. The number of nitrogens with one attached hydrogen (secondary N) is 1. The van der Waals surface area contributed by atoms with E-state index in [1.54, 1.807) is 19.1 Å². The SMILES string of the molecule is CCNC(C)(CC(C)Oc1ccc(F)cc1)C(N)=O. The fourth-order valence-electron chi connectivity index (χ4n) is 2.01. The van der Waals surface area contributed by atoms with Crippen molar-refractivity contribution in [1.82, 2.24) is 5.32 Å². The second kappa shape index (κ2) is 6.52. The number of halogens is 1. The highest BCUT2D eigenvalue weighted by atomic mass is 19.1. The molecule has 19 heavy (non-hydrogen) atoms. The van der Waals surface area contributed by atoms with E-state index in [4.69, 9.17) is 10.5 Å². The van der Waals surface area contributed by atoms with Crippen LogP contribution in [-0.2, 0) is 4.79 Å². The smallest absolute Gasteiger partial charge is 0.237 e. The zero-order valence-electron chi connectivity index (χ0n) is 11.6. The van der Waals surface area contributed by atoms with Crippen molar-refractivity contribution in [3.63, 3.8) is 0 Å². The molecule has 0 saturated carbocycles. The summed E-state index contributed by atoms with van der Waals surface area (Å²) in [6.45, 7) is 6.15. The maximum Gasteiger partial charge on any atom is 0.237 e. The summed E-state index contributed by atoms with van der Waals surface area (Å²) in [7, 11) is 0. The number of rotatable bonds is 7. The molecule has 0 saturated heterocycles. The lowest BCUT2D eigenvalue weighted by atomic mass is 9.94. The molecule has 2 atom stereocenters. The van der Waals surface area contributed by atoms with Crippen molar-refractivity contribution < 1.29 is 13.9 Å². The zero-order chi connectivity index (χ0) is 14.5. The molecule has 106 valence electrons. The van der Waals surface area contributed by atoms with Gasteiger partial charge in [-0.15, -0.1) is 0 Å². The Labute approximate surface area is 113 Å². The molecule has 3 N–H and O–H groups in total. The third-order valence-electron chi connectivity index (χ3n) is 2.96. The van der Waals surface area contributed by atoms with Gasteiger partial charge in [-0.3, -0.25) is 4.79 Å². The number of likely N-dealkylation sites (N-methyl/N-ethyl adjacent to an activating group) is 1. The Kier molecular flexibility index (Phi) is 5.30. The number of nitrogens with two attached hydrogens (primary N) is 1. The lowest BCUT2D eigenvalue weighted by Crippen LogP contribution is -2.55. The number of carbonyl (C=O) groups is 1. The summed E-state index contributed by atoms with van der Waals surface area (Å²) in [6.07, 6.45) is 0.218. The molecule has 1 rings (SSSR count). The van der Waals surface area contributed by atoms with Gasteiger partial charge in [0.05, 0.1) is 11.6 Å². The van der Waals surface area contributed by atoms with Gasteiger partial charge in [0.1, 0.15) is 11.6 Å². The molecule has 1 aromatic rings. The zero-order valence-corrected chi connectivity index (χ0v) is 11.6. The number of hydrogen-bond donors (Lipinski definition) is 2. The second-order valence-corrected chi connectivity index (χ2v) is 4.81. The van der Waals surface area contributed by atoms with Gasteiger partial charge in [0, 0.05) is 6.42 Å². The van der Waals surface area contributed by atoms with Crippen molar-refractivity contribution in [2.24, 2.45) is 5.73 Å². The van der Waals surface area contributed by atoms with Gasteiger partial charge in [0.2, 0.25) is 5.91 Å². The largest absolute Gasteiger partial charge is 0.491 e. The van der Waals surface area contributed by atoms with Gasteiger partial charge in [-0.1, -0.05) is 6.92 Å². The van der Waals surface area contributed by atoms with Gasteiger partial charge in [-0.25, -0.2) is 4.39 Å². The Morgan fingerprint density at radius 2 is 2.05 bits per heavy atom. The van der Waals surface area contributed by atoms with Crippen LogP contribution in [0, 0.1) is 5.82 Å². The first-order chi connectivity index (χ1) is 8.87. The molecule has 1 amide bonds. The monoisotopic (exact) mass is 268 g/mol. The third kappa shape index (κ3) is 4.52. The number of carbonyl (C=O) groups excluding carboxylic acids is 1. The Morgan fingerprint density at radius 3 is 2.53 bits per heavy atom. The quantitative estimate of drug-likeness (QED) is 0.793. The van der Waals surface area contributed by atoms with E-state index in [0.29, 0.717) is 18.7 Å². The van der Waals surface area contributed by atoms with E-state index in [0.717, 1.165) is 0 Å². The highest BCUT2D eigenvalue weighted by Gasteiger charge is 2.32. The van der Waals surface area contributed by atoms with Gasteiger partial charge in [-0.05, 0) is 44.7 Å². The molecule has 5 heteroatoms. The minimum Gasteiger partial charge on any atom is -0.491 e. The van der Waals surface area contributed by atoms with Gasteiger partial charge in [0.25, 0.3) is 0 Å². The second-order valence-electron chi connectivity index (χ2n) is 4.81. The van der Waals surface area contributed by atoms with E-state index >= 15 is 0 Å². The molecule has 0 spiro atoms. The van der Waals surface area contributed by atoms with Gasteiger partial charge in [-0.2, -0.15) is 0 Å². The number of benzene rings is 1. The Balaban J connectivity index is 2.65. The van der Waals surface area contributed by atoms with Crippen LogP contribution in [-0.4, -0.2) is 24.1 Å². The first-order valence-electron chi connectivity index (χ1n) is 6.34. The van der Waals surface area contributed by atoms with E-state index < -0.39 is 11.4 Å². The third-order valence-corrected chi connectivity index (χ3v) is 2.96. The van der Waals surface area contributed by atoms with Crippen LogP contribution in [0.3, 0.4) is 0 Å². The molecular weight excluding hydrogens is 247 g/mol. The topological polar surface area (TPSA) is 64.3 Å². The van der Waals surface area contributed by atoms with Crippen LogP contribution in [0.4, 0.5) is 4.39 Å². The minimum absolute atomic E-state index is 0.220. The predicted molar refractivity (Wildman–Crippen MR) is 72.4 cm³/mol. The van der Waals surface area contributed by atoms with Gasteiger partial charge >= 0.3 is 0 Å². The molecule has 0 radical (unpaired) electrons. The Bertz CT molecular complexity index is 422. The van der Waals surface area contributed by atoms with Gasteiger partial charge < -0.3 is 15.8 Å². The summed E-state index contributed by atoms with van der Waals surface area (Å²) >= 11 is 0. The van der Waals surface area contributed by atoms with E-state index in [1.807, 2.05) is 13.8 Å². The van der Waals surface area contributed by atoms with Crippen LogP contribution >= 0.6 is 0 Å². The highest BCUT2D eigenvalue weighted by Crippen LogP contribution is 2.18. The lowest BCUT2D eigenvalue weighted by molar-refractivity contribution is -0.124. The summed E-state index contributed by atoms with van der Waals surface area (Å²) in [4.78, 5) is 11.5. The van der Waals surface area contributed by atoms with Crippen LogP contribution in [0.1, 0.15) is 27.2 Å². The molecule has 0 fully saturated rings. The fourth-order valence-corrected chi connectivity index (χ4v) is 2.01. The van der Waals surface area contributed by atoms with Gasteiger partial charge in [0.15, 0.2) is 0 Å². The van der Waals surface area contributed by atoms with E-state index in [1.165, 1.54) is 12.1 Å². The summed E-state index contributed by atoms with van der Waals surface area (Å²) in [5.41, 5.74) is 4.60. The van der Waals surface area contributed by atoms with Crippen LogP contribution in [0.15, 0.2) is 24.3 Å². The number of primary amides is 1. The first-order valence-corrected chi connectivity index (χ1v) is 6.34. The molecule has 0 aliphatic heterocycles. The fraction of sp³-hybridized carbons (Fsp3) is 0.500. The standard InChI is InChI=1S/C14H21FN2O2/c1-4-17-14(3,13(16)18)9-10(2)19-12-7-5-11(15)6-8-12/h5-8,10,17H,4,9H2,1-3H3,(H2,16,18). The number of hydrogen-bond acceptors (Lipinski definition) is 3. The first kappa shape index (κ1) is 15.4. The molecule has 2 unspecified atom stereocenters. The summed E-state index contributed by atoms with van der Waals surface area (Å²) in [6, 6.07) is 5.78. The van der Waals surface area contributed by atoms with Crippen LogP contribution < -0.4 is 15.8 Å². The molecular formula is C14H21FN2O2. The molecule has 0 aromatic heterocycles. The van der Waals surface area contributed by atoms with Crippen molar-refractivity contribution in [3.05, 3.63) is 30.1 Å². The van der Waals surface area contributed by atoms with Crippen molar-refractivity contribution in [2.45, 2.75) is 38.8 Å². The maximum absolute atomic E-state index is 12.8. The van der Waals surface area contributed by atoms with E-state index in [9.17, 15) is 9.18 Å². The van der Waals surface area contributed by atoms with E-state index in [2.05, 4.69) is 5.32 Å². The maximum atomic E-state index is 12.8. The summed E-state index contributed by atoms with van der Waals surface area (Å²) < 4.78 is 18.4. The number of amides is 1. The highest BCUT2D eigenvalue weighted by molar-refractivity contribution is 5.84. The minimum atomic E-state index is -0.811. The summed E-state index contributed by atoms with van der Waals surface area (Å²) in [5, 5.41) is 3.07. The molecule has 4 nitrogen and oxygen atoms in total.